The molecule has 0 N–H and O–H groups in total. The molecule has 3 heteroatoms. The molecule has 1 nitrogen and oxygen atoms in total. The third-order valence-corrected chi connectivity index (χ3v) is 5.20. The maximum Gasteiger partial charge on any atom is 0.141 e. The zero-order chi connectivity index (χ0) is 16.6. The Bertz CT molecular complexity index is 758. The highest BCUT2D eigenvalue weighted by molar-refractivity contribution is 8.22. The summed E-state index contributed by atoms with van der Waals surface area (Å²) in [5, 5.41) is 0. The van der Waals surface area contributed by atoms with E-state index in [0.29, 0.717) is 0 Å². The molecule has 0 atom stereocenters. The number of anilines is 1. The van der Waals surface area contributed by atoms with E-state index in [2.05, 4.69) is 77.7 Å². The van der Waals surface area contributed by atoms with Crippen LogP contribution in [0.5, 0.6) is 0 Å². The van der Waals surface area contributed by atoms with Gasteiger partial charge in [0.05, 0.1) is 0 Å². The first-order valence-corrected chi connectivity index (χ1v) is 9.29. The molecule has 0 saturated heterocycles. The van der Waals surface area contributed by atoms with Crippen molar-refractivity contribution in [2.45, 2.75) is 12.3 Å². The predicted molar refractivity (Wildman–Crippen MR) is 109 cm³/mol. The molecule has 0 aliphatic rings. The Balaban J connectivity index is 1.75. The van der Waals surface area contributed by atoms with E-state index in [1.165, 1.54) is 11.1 Å². The van der Waals surface area contributed by atoms with E-state index in [-0.39, 0.29) is 0 Å². The van der Waals surface area contributed by atoms with Crippen LogP contribution >= 0.6 is 24.0 Å². The summed E-state index contributed by atoms with van der Waals surface area (Å²) in [4.78, 5) is 2.21. The molecule has 0 aliphatic carbocycles. The first kappa shape index (κ1) is 16.7. The van der Waals surface area contributed by atoms with Gasteiger partial charge in [0.1, 0.15) is 4.32 Å². The average Bonchev–Trinajstić information content (AvgIpc) is 2.66. The van der Waals surface area contributed by atoms with Crippen molar-refractivity contribution in [1.29, 1.82) is 0 Å². The highest BCUT2D eigenvalue weighted by Gasteiger charge is 2.13. The van der Waals surface area contributed by atoms with Gasteiger partial charge < -0.3 is 4.90 Å². The molecule has 0 amide bonds. The molecule has 0 fully saturated rings. The fourth-order valence-corrected chi connectivity index (χ4v) is 3.59. The molecule has 3 aromatic rings. The number of benzene rings is 3. The van der Waals surface area contributed by atoms with Gasteiger partial charge >= 0.3 is 0 Å². The monoisotopic (exact) mass is 349 g/mol. The minimum Gasteiger partial charge on any atom is -0.323 e. The molecule has 3 rings (SSSR count). The zero-order valence-corrected chi connectivity index (χ0v) is 15.0. The summed E-state index contributed by atoms with van der Waals surface area (Å²) >= 11 is 7.45. The molecule has 3 aromatic carbocycles. The van der Waals surface area contributed by atoms with Crippen molar-refractivity contribution >= 4 is 34.0 Å². The molecule has 0 unspecified atom stereocenters. The molecule has 0 aromatic heterocycles. The molecule has 0 spiro atoms. The van der Waals surface area contributed by atoms with Gasteiger partial charge in [-0.25, -0.2) is 0 Å². The Morgan fingerprint density at radius 3 is 1.79 bits per heavy atom. The van der Waals surface area contributed by atoms with Crippen LogP contribution in [0.1, 0.15) is 11.1 Å². The smallest absolute Gasteiger partial charge is 0.141 e. The van der Waals surface area contributed by atoms with Crippen LogP contribution in [0.25, 0.3) is 0 Å². The number of para-hydroxylation sites is 1. The lowest BCUT2D eigenvalue weighted by Gasteiger charge is -2.25. The minimum atomic E-state index is 0.783. The van der Waals surface area contributed by atoms with E-state index in [0.717, 1.165) is 22.3 Å². The number of nitrogens with zero attached hydrogens (tertiary/aromatic N) is 1. The largest absolute Gasteiger partial charge is 0.323 e. The molecule has 120 valence electrons. The van der Waals surface area contributed by atoms with Crippen molar-refractivity contribution in [2.75, 3.05) is 4.90 Å². The lowest BCUT2D eigenvalue weighted by atomic mass is 10.2. The van der Waals surface area contributed by atoms with Crippen LogP contribution in [0, 0.1) is 0 Å². The second kappa shape index (κ2) is 8.67. The van der Waals surface area contributed by atoms with E-state index in [4.69, 9.17) is 12.2 Å². The molecule has 0 bridgehead atoms. The lowest BCUT2D eigenvalue weighted by Crippen LogP contribution is -2.26. The predicted octanol–water partition coefficient (Wildman–Crippen LogP) is 5.91. The molecule has 0 aliphatic heterocycles. The van der Waals surface area contributed by atoms with Crippen LogP contribution in [0.15, 0.2) is 91.0 Å². The van der Waals surface area contributed by atoms with Gasteiger partial charge in [-0.15, -0.1) is 0 Å². The Kier molecular flexibility index (Phi) is 6.05. The Morgan fingerprint density at radius 1 is 0.708 bits per heavy atom. The summed E-state index contributed by atoms with van der Waals surface area (Å²) in [6.07, 6.45) is 0. The van der Waals surface area contributed by atoms with Gasteiger partial charge in [0, 0.05) is 18.0 Å². The van der Waals surface area contributed by atoms with E-state index in [9.17, 15) is 0 Å². The van der Waals surface area contributed by atoms with E-state index in [1.54, 1.807) is 11.8 Å². The van der Waals surface area contributed by atoms with Gasteiger partial charge in [-0.05, 0) is 23.3 Å². The molecular weight excluding hydrogens is 330 g/mol. The minimum absolute atomic E-state index is 0.783. The van der Waals surface area contributed by atoms with Crippen LogP contribution in [0.2, 0.25) is 0 Å². The van der Waals surface area contributed by atoms with Gasteiger partial charge in [-0.1, -0.05) is 103 Å². The maximum atomic E-state index is 5.74. The van der Waals surface area contributed by atoms with Crippen molar-refractivity contribution in [2.24, 2.45) is 0 Å². The summed E-state index contributed by atoms with van der Waals surface area (Å²) in [6.45, 7) is 0.783. The van der Waals surface area contributed by atoms with Gasteiger partial charge in [0.25, 0.3) is 0 Å². The summed E-state index contributed by atoms with van der Waals surface area (Å²) in [6, 6.07) is 31.3. The van der Waals surface area contributed by atoms with Crippen molar-refractivity contribution < 1.29 is 0 Å². The standard InChI is InChI=1S/C21H19NS2/c23-21(24-17-19-12-6-2-7-13-19)22(20-14-8-3-9-15-20)16-18-10-4-1-5-11-18/h1-15H,16-17H2. The van der Waals surface area contributed by atoms with Crippen molar-refractivity contribution in [3.63, 3.8) is 0 Å². The second-order valence-corrected chi connectivity index (χ2v) is 7.06. The topological polar surface area (TPSA) is 3.24 Å². The molecule has 0 saturated carbocycles. The Hall–Kier alpha value is -2.10. The number of hydrogen-bond acceptors (Lipinski definition) is 2. The van der Waals surface area contributed by atoms with Gasteiger partial charge in [0.2, 0.25) is 0 Å². The Labute approximate surface area is 153 Å². The van der Waals surface area contributed by atoms with Gasteiger partial charge in [0.15, 0.2) is 0 Å². The van der Waals surface area contributed by atoms with Crippen LogP contribution in [0.4, 0.5) is 5.69 Å². The van der Waals surface area contributed by atoms with Gasteiger partial charge in [-0.3, -0.25) is 0 Å². The molecule has 0 heterocycles. The Morgan fingerprint density at radius 2 is 1.21 bits per heavy atom. The van der Waals surface area contributed by atoms with Crippen molar-refractivity contribution in [3.8, 4) is 0 Å². The highest BCUT2D eigenvalue weighted by Crippen LogP contribution is 2.24. The van der Waals surface area contributed by atoms with Gasteiger partial charge in [-0.2, -0.15) is 0 Å². The quantitative estimate of drug-likeness (QED) is 0.527. The normalized spacial score (nSPS) is 10.3. The first-order chi connectivity index (χ1) is 11.8. The highest BCUT2D eigenvalue weighted by atomic mass is 32.2. The van der Waals surface area contributed by atoms with Crippen LogP contribution in [0.3, 0.4) is 0 Å². The summed E-state index contributed by atoms with van der Waals surface area (Å²) < 4.78 is 0.897. The van der Waals surface area contributed by atoms with Crippen molar-refractivity contribution in [3.05, 3.63) is 102 Å². The van der Waals surface area contributed by atoms with E-state index >= 15 is 0 Å². The van der Waals surface area contributed by atoms with E-state index < -0.39 is 0 Å². The van der Waals surface area contributed by atoms with Crippen LogP contribution in [-0.2, 0) is 12.3 Å². The molecular formula is C21H19NS2. The fourth-order valence-electron chi connectivity index (χ4n) is 2.43. The third-order valence-electron chi connectivity index (χ3n) is 3.68. The number of rotatable bonds is 5. The van der Waals surface area contributed by atoms with Crippen molar-refractivity contribution in [1.82, 2.24) is 0 Å². The number of thiocarbonyl (C=S) groups is 1. The van der Waals surface area contributed by atoms with E-state index in [1.807, 2.05) is 18.2 Å². The lowest BCUT2D eigenvalue weighted by molar-refractivity contribution is 1.03. The zero-order valence-electron chi connectivity index (χ0n) is 13.3. The SMILES string of the molecule is S=C(SCc1ccccc1)N(Cc1ccccc1)c1ccccc1. The summed E-state index contributed by atoms with van der Waals surface area (Å²) in [7, 11) is 0. The van der Waals surface area contributed by atoms with Crippen LogP contribution in [-0.4, -0.2) is 4.32 Å². The fraction of sp³-hybridized carbons (Fsp3) is 0.0952. The maximum absolute atomic E-state index is 5.74. The molecule has 24 heavy (non-hydrogen) atoms. The number of hydrogen-bond donors (Lipinski definition) is 0. The number of thioether (sulfide) groups is 1. The summed E-state index contributed by atoms with van der Waals surface area (Å²) in [5.74, 6) is 0.887. The molecule has 0 radical (unpaired) electrons. The van der Waals surface area contributed by atoms with Crippen LogP contribution < -0.4 is 4.90 Å². The average molecular weight is 350 g/mol. The summed E-state index contributed by atoms with van der Waals surface area (Å²) in [5.41, 5.74) is 3.67. The first-order valence-electron chi connectivity index (χ1n) is 7.90. The second-order valence-electron chi connectivity index (χ2n) is 5.45. The third kappa shape index (κ3) is 4.70.